The highest BCUT2D eigenvalue weighted by Gasteiger charge is 2.31. The lowest BCUT2D eigenvalue weighted by Crippen LogP contribution is -2.39. The Morgan fingerprint density at radius 1 is 1.05 bits per heavy atom. The molecule has 1 amide bonds. The Hall–Kier alpha value is -4.22. The van der Waals surface area contributed by atoms with Crippen molar-refractivity contribution in [2.24, 2.45) is 7.05 Å². The number of fused-ring (bicyclic) bond motifs is 1. The molecule has 11 heteroatoms. The number of aromatic nitrogens is 2. The number of amides is 1. The van der Waals surface area contributed by atoms with Crippen molar-refractivity contribution in [2.45, 2.75) is 13.1 Å². The van der Waals surface area contributed by atoms with E-state index in [1.54, 1.807) is 42.1 Å². The number of carbonyl (C=O) groups excluding carboxylic acids is 1. The summed E-state index contributed by atoms with van der Waals surface area (Å²) in [6, 6.07) is 12.9. The molecule has 5 rings (SSSR count). The zero-order valence-corrected chi connectivity index (χ0v) is 22.7. The van der Waals surface area contributed by atoms with Crippen molar-refractivity contribution in [3.05, 3.63) is 87.8 Å². The lowest BCUT2D eigenvalue weighted by Gasteiger charge is -2.26. The second kappa shape index (κ2) is 11.7. The van der Waals surface area contributed by atoms with E-state index in [9.17, 15) is 22.8 Å². The van der Waals surface area contributed by atoms with Crippen LogP contribution in [0.2, 0.25) is 0 Å². The minimum Gasteiger partial charge on any atom is -0.379 e. The van der Waals surface area contributed by atoms with Crippen molar-refractivity contribution < 1.29 is 22.7 Å². The largest absolute Gasteiger partial charge is 0.416 e. The molecule has 0 radical (unpaired) electrons. The highest BCUT2D eigenvalue weighted by atomic mass is 19.4. The number of anilines is 2. The third-order valence-electron chi connectivity index (χ3n) is 7.18. The lowest BCUT2D eigenvalue weighted by molar-refractivity contribution is -0.137. The minimum atomic E-state index is -4.56. The molecule has 1 fully saturated rings. The smallest absolute Gasteiger partial charge is 0.379 e. The molecule has 2 aromatic heterocycles. The Labute approximate surface area is 234 Å². The maximum atomic E-state index is 13.5. The van der Waals surface area contributed by atoms with Gasteiger partial charge in [-0.05, 0) is 54.4 Å². The number of hydrogen-bond acceptors (Lipinski definition) is 6. The van der Waals surface area contributed by atoms with E-state index in [1.807, 2.05) is 13.0 Å². The molecule has 0 atom stereocenters. The van der Waals surface area contributed by atoms with Gasteiger partial charge in [-0.25, -0.2) is 4.98 Å². The average molecular weight is 566 g/mol. The van der Waals surface area contributed by atoms with E-state index in [4.69, 9.17) is 4.74 Å². The number of nitrogens with one attached hydrogen (secondary N) is 2. The van der Waals surface area contributed by atoms with Crippen LogP contribution in [-0.4, -0.2) is 59.8 Å². The van der Waals surface area contributed by atoms with Gasteiger partial charge in [-0.3, -0.25) is 14.5 Å². The van der Waals surface area contributed by atoms with Gasteiger partial charge in [-0.2, -0.15) is 13.2 Å². The van der Waals surface area contributed by atoms with Crippen LogP contribution in [0.25, 0.3) is 22.0 Å². The Bertz CT molecular complexity index is 1650. The normalized spacial score (nSPS) is 14.3. The number of ether oxygens (including phenoxy) is 1. The summed E-state index contributed by atoms with van der Waals surface area (Å²) >= 11 is 0. The summed E-state index contributed by atoms with van der Waals surface area (Å²) in [7, 11) is 1.69. The second-order valence-electron chi connectivity index (χ2n) is 9.99. The van der Waals surface area contributed by atoms with Gasteiger partial charge in [0.2, 0.25) is 0 Å². The number of benzene rings is 2. The molecule has 0 saturated carbocycles. The standard InChI is InChI=1S/C30H30F3N5O3/c1-19-6-7-23(36-28(39)20-4-3-5-22(14-20)30(31,32)33)16-24(19)25-15-21-18-35-27(17-26(21)37(2)29(25)40)34-8-9-38-10-12-41-13-11-38/h3-7,14-18H,8-13H2,1-2H3,(H,34,35)(H,36,39). The fraction of sp³-hybridized carbons (Fsp3) is 0.300. The van der Waals surface area contributed by atoms with Gasteiger partial charge in [-0.1, -0.05) is 12.1 Å². The maximum Gasteiger partial charge on any atom is 0.416 e. The van der Waals surface area contributed by atoms with Crippen molar-refractivity contribution in [3.8, 4) is 11.1 Å². The quantitative estimate of drug-likeness (QED) is 0.331. The first-order valence-corrected chi connectivity index (χ1v) is 13.2. The van der Waals surface area contributed by atoms with Crippen molar-refractivity contribution in [1.29, 1.82) is 0 Å². The summed E-state index contributed by atoms with van der Waals surface area (Å²) < 4.78 is 46.2. The van der Waals surface area contributed by atoms with Crippen LogP contribution in [0.15, 0.2) is 65.6 Å². The molecule has 1 aliphatic heterocycles. The van der Waals surface area contributed by atoms with Gasteiger partial charge in [0.15, 0.2) is 0 Å². The molecule has 2 aromatic carbocycles. The number of aryl methyl sites for hydroxylation is 2. The van der Waals surface area contributed by atoms with E-state index in [-0.39, 0.29) is 11.1 Å². The molecule has 0 aliphatic carbocycles. The van der Waals surface area contributed by atoms with E-state index in [0.717, 1.165) is 55.9 Å². The summed E-state index contributed by atoms with van der Waals surface area (Å²) in [5, 5.41) is 6.74. The fourth-order valence-electron chi connectivity index (χ4n) is 4.85. The molecular weight excluding hydrogens is 535 g/mol. The molecule has 41 heavy (non-hydrogen) atoms. The second-order valence-corrected chi connectivity index (χ2v) is 9.99. The van der Waals surface area contributed by atoms with E-state index >= 15 is 0 Å². The van der Waals surface area contributed by atoms with E-state index in [2.05, 4.69) is 20.5 Å². The van der Waals surface area contributed by atoms with Crippen molar-refractivity contribution in [1.82, 2.24) is 14.5 Å². The third-order valence-corrected chi connectivity index (χ3v) is 7.18. The molecule has 4 aromatic rings. The van der Waals surface area contributed by atoms with Gasteiger partial charge in [-0.15, -0.1) is 0 Å². The van der Waals surface area contributed by atoms with Crippen LogP contribution in [-0.2, 0) is 18.0 Å². The fourth-order valence-corrected chi connectivity index (χ4v) is 4.85. The summed E-state index contributed by atoms with van der Waals surface area (Å²) in [4.78, 5) is 33.1. The van der Waals surface area contributed by atoms with Gasteiger partial charge >= 0.3 is 6.18 Å². The summed E-state index contributed by atoms with van der Waals surface area (Å²) in [5.41, 5.74) is 1.63. The van der Waals surface area contributed by atoms with E-state index in [1.165, 1.54) is 12.1 Å². The number of alkyl halides is 3. The van der Waals surface area contributed by atoms with Crippen LogP contribution in [0.3, 0.4) is 0 Å². The number of nitrogens with zero attached hydrogens (tertiary/aromatic N) is 3. The molecule has 1 aliphatic rings. The molecule has 1 saturated heterocycles. The minimum absolute atomic E-state index is 0.121. The predicted octanol–water partition coefficient (Wildman–Crippen LogP) is 4.92. The van der Waals surface area contributed by atoms with Crippen LogP contribution in [0.5, 0.6) is 0 Å². The Morgan fingerprint density at radius 2 is 1.83 bits per heavy atom. The number of rotatable bonds is 7. The van der Waals surface area contributed by atoms with Gasteiger partial charge in [0.05, 0.1) is 24.3 Å². The van der Waals surface area contributed by atoms with Crippen molar-refractivity contribution in [2.75, 3.05) is 50.0 Å². The number of morpholine rings is 1. The maximum absolute atomic E-state index is 13.5. The van der Waals surface area contributed by atoms with Crippen LogP contribution < -0.4 is 16.2 Å². The summed E-state index contributed by atoms with van der Waals surface area (Å²) in [6.07, 6.45) is -2.85. The molecule has 0 spiro atoms. The monoisotopic (exact) mass is 565 g/mol. The molecule has 0 bridgehead atoms. The first-order valence-electron chi connectivity index (χ1n) is 13.2. The predicted molar refractivity (Wildman–Crippen MR) is 152 cm³/mol. The Balaban J connectivity index is 1.38. The van der Waals surface area contributed by atoms with Gasteiger partial charge in [0.1, 0.15) is 5.82 Å². The van der Waals surface area contributed by atoms with Crippen LogP contribution >= 0.6 is 0 Å². The zero-order chi connectivity index (χ0) is 29.1. The van der Waals surface area contributed by atoms with Gasteiger partial charge in [0.25, 0.3) is 11.5 Å². The van der Waals surface area contributed by atoms with E-state index in [0.29, 0.717) is 34.7 Å². The highest BCUT2D eigenvalue weighted by Crippen LogP contribution is 2.30. The van der Waals surface area contributed by atoms with Crippen molar-refractivity contribution >= 4 is 28.3 Å². The van der Waals surface area contributed by atoms with Gasteiger partial charge in [0, 0.05) is 67.7 Å². The first kappa shape index (κ1) is 28.3. The lowest BCUT2D eigenvalue weighted by atomic mass is 9.99. The zero-order valence-electron chi connectivity index (χ0n) is 22.7. The number of hydrogen-bond donors (Lipinski definition) is 2. The number of halogens is 3. The molecule has 3 heterocycles. The summed E-state index contributed by atoms with van der Waals surface area (Å²) in [5.74, 6) is -0.0147. The first-order chi connectivity index (χ1) is 19.6. The number of carbonyl (C=O) groups is 1. The van der Waals surface area contributed by atoms with Crippen LogP contribution in [0.1, 0.15) is 21.5 Å². The SMILES string of the molecule is Cc1ccc(NC(=O)c2cccc(C(F)(F)F)c2)cc1-c1cc2cnc(NCCN3CCOCC3)cc2n(C)c1=O. The molecule has 8 nitrogen and oxygen atoms in total. The highest BCUT2D eigenvalue weighted by molar-refractivity contribution is 6.04. The van der Waals surface area contributed by atoms with Crippen LogP contribution in [0, 0.1) is 6.92 Å². The number of pyridine rings is 2. The van der Waals surface area contributed by atoms with Crippen molar-refractivity contribution in [3.63, 3.8) is 0 Å². The third kappa shape index (κ3) is 6.41. The Kier molecular flexibility index (Phi) is 8.09. The molecule has 0 unspecified atom stereocenters. The topological polar surface area (TPSA) is 88.5 Å². The van der Waals surface area contributed by atoms with Gasteiger partial charge < -0.3 is 19.9 Å². The molecule has 214 valence electrons. The average Bonchev–Trinajstić information content (AvgIpc) is 2.96. The van der Waals surface area contributed by atoms with E-state index < -0.39 is 17.6 Å². The summed E-state index contributed by atoms with van der Waals surface area (Å²) in [6.45, 7) is 6.70. The Morgan fingerprint density at radius 3 is 2.59 bits per heavy atom. The molecule has 2 N–H and O–H groups in total. The molecular formula is C30H30F3N5O3. The van der Waals surface area contributed by atoms with Crippen LogP contribution in [0.4, 0.5) is 24.7 Å².